The largest absolute Gasteiger partial charge is 0.453 e. The predicted molar refractivity (Wildman–Crippen MR) is 85.7 cm³/mol. The fourth-order valence-electron chi connectivity index (χ4n) is 2.33. The summed E-state index contributed by atoms with van der Waals surface area (Å²) in [5.74, 6) is 0.774. The zero-order valence-corrected chi connectivity index (χ0v) is 14.0. The van der Waals surface area contributed by atoms with Gasteiger partial charge < -0.3 is 9.30 Å². The molecule has 3 aromatic rings. The molecule has 0 bridgehead atoms. The average molecular weight is 326 g/mol. The summed E-state index contributed by atoms with van der Waals surface area (Å²) in [6.45, 7) is 5.86. The van der Waals surface area contributed by atoms with E-state index in [0.717, 1.165) is 22.6 Å². The van der Waals surface area contributed by atoms with Crippen molar-refractivity contribution in [1.82, 2.24) is 29.8 Å². The summed E-state index contributed by atoms with van der Waals surface area (Å²) in [5.41, 5.74) is 3.15. The van der Waals surface area contributed by atoms with E-state index in [4.69, 9.17) is 4.74 Å². The first-order valence-corrected chi connectivity index (χ1v) is 7.47. The van der Waals surface area contributed by atoms with Crippen LogP contribution in [0.4, 0.5) is 0 Å². The highest BCUT2D eigenvalue weighted by Crippen LogP contribution is 2.12. The first kappa shape index (κ1) is 15.9. The first-order valence-electron chi connectivity index (χ1n) is 7.47. The Hall–Kier alpha value is -3.03. The predicted octanol–water partition coefficient (Wildman–Crippen LogP) is 1.68. The Balaban J connectivity index is 1.73. The van der Waals surface area contributed by atoms with Crippen LogP contribution in [0.15, 0.2) is 24.4 Å². The molecule has 24 heavy (non-hydrogen) atoms. The summed E-state index contributed by atoms with van der Waals surface area (Å²) in [4.78, 5) is 13.5. The Labute approximate surface area is 139 Å². The zero-order chi connectivity index (χ0) is 17.3. The van der Waals surface area contributed by atoms with Crippen molar-refractivity contribution >= 4 is 5.97 Å². The maximum Gasteiger partial charge on any atom is 0.361 e. The van der Waals surface area contributed by atoms with Crippen molar-refractivity contribution in [3.05, 3.63) is 52.9 Å². The molecule has 2 aromatic heterocycles. The highest BCUT2D eigenvalue weighted by molar-refractivity contribution is 5.86. The minimum atomic E-state index is -0.550. The van der Waals surface area contributed by atoms with Crippen LogP contribution in [0.3, 0.4) is 0 Å². The Morgan fingerprint density at radius 1 is 1.12 bits per heavy atom. The minimum Gasteiger partial charge on any atom is -0.453 e. The lowest BCUT2D eigenvalue weighted by molar-refractivity contribution is 0.0451. The molecule has 8 nitrogen and oxygen atoms in total. The summed E-state index contributed by atoms with van der Waals surface area (Å²) in [5, 5.41) is 16.2. The molecule has 0 amide bonds. The third-order valence-electron chi connectivity index (χ3n) is 3.65. The van der Waals surface area contributed by atoms with Crippen LogP contribution in [-0.4, -0.2) is 35.7 Å². The molecule has 0 N–H and O–H groups in total. The Morgan fingerprint density at radius 3 is 2.46 bits per heavy atom. The van der Waals surface area contributed by atoms with Crippen molar-refractivity contribution < 1.29 is 9.53 Å². The van der Waals surface area contributed by atoms with Crippen LogP contribution in [0.1, 0.15) is 33.3 Å². The standard InChI is InChI=1S/C16H18N6O2/c1-10-5-11(2)7-13(6-10)22-17-8-14(20-22)16(23)24-9-15-19-18-12(3)21(15)4/h5-8H,9H2,1-4H3. The Kier molecular flexibility index (Phi) is 4.11. The quantitative estimate of drug-likeness (QED) is 0.678. The van der Waals surface area contributed by atoms with E-state index in [-0.39, 0.29) is 12.3 Å². The number of nitrogens with zero attached hydrogens (tertiary/aromatic N) is 6. The Bertz CT molecular complexity index is 876. The van der Waals surface area contributed by atoms with E-state index in [1.165, 1.54) is 11.0 Å². The average Bonchev–Trinajstić information content (AvgIpc) is 3.13. The van der Waals surface area contributed by atoms with Gasteiger partial charge in [0.1, 0.15) is 5.82 Å². The van der Waals surface area contributed by atoms with Gasteiger partial charge in [-0.05, 0) is 44.0 Å². The number of carbonyl (C=O) groups excluding carboxylic acids is 1. The molecule has 0 aliphatic heterocycles. The molecule has 0 saturated heterocycles. The molecule has 1 aromatic carbocycles. The molecular weight excluding hydrogens is 308 g/mol. The van der Waals surface area contributed by atoms with Crippen molar-refractivity contribution in [2.75, 3.05) is 0 Å². The van der Waals surface area contributed by atoms with Gasteiger partial charge in [0.05, 0.1) is 11.9 Å². The molecular formula is C16H18N6O2. The van der Waals surface area contributed by atoms with Gasteiger partial charge in [0.15, 0.2) is 18.1 Å². The van der Waals surface area contributed by atoms with Crippen LogP contribution in [0.2, 0.25) is 0 Å². The van der Waals surface area contributed by atoms with Crippen molar-refractivity contribution in [2.24, 2.45) is 7.05 Å². The van der Waals surface area contributed by atoms with Gasteiger partial charge in [0.2, 0.25) is 0 Å². The van der Waals surface area contributed by atoms with Gasteiger partial charge in [0.25, 0.3) is 0 Å². The number of ether oxygens (including phenoxy) is 1. The summed E-state index contributed by atoms with van der Waals surface area (Å²) < 4.78 is 6.99. The summed E-state index contributed by atoms with van der Waals surface area (Å²) in [7, 11) is 1.81. The minimum absolute atomic E-state index is 0.0343. The van der Waals surface area contributed by atoms with E-state index in [9.17, 15) is 4.79 Å². The van der Waals surface area contributed by atoms with Gasteiger partial charge in [-0.2, -0.15) is 9.90 Å². The van der Waals surface area contributed by atoms with E-state index in [2.05, 4.69) is 26.5 Å². The molecule has 0 spiro atoms. The van der Waals surface area contributed by atoms with Crippen molar-refractivity contribution in [3.8, 4) is 5.69 Å². The molecule has 0 fully saturated rings. The number of aryl methyl sites for hydroxylation is 3. The van der Waals surface area contributed by atoms with Gasteiger partial charge in [-0.3, -0.25) is 0 Å². The molecule has 2 heterocycles. The highest BCUT2D eigenvalue weighted by Gasteiger charge is 2.15. The lowest BCUT2D eigenvalue weighted by Crippen LogP contribution is -2.10. The van der Waals surface area contributed by atoms with Gasteiger partial charge in [-0.25, -0.2) is 4.79 Å². The number of hydrogen-bond acceptors (Lipinski definition) is 6. The fourth-order valence-corrected chi connectivity index (χ4v) is 2.33. The van der Waals surface area contributed by atoms with Crippen molar-refractivity contribution in [1.29, 1.82) is 0 Å². The second-order valence-electron chi connectivity index (χ2n) is 5.66. The van der Waals surface area contributed by atoms with E-state index < -0.39 is 5.97 Å². The molecule has 0 unspecified atom stereocenters. The molecule has 0 aliphatic rings. The number of carbonyl (C=O) groups is 1. The number of benzene rings is 1. The van der Waals surface area contributed by atoms with Gasteiger partial charge in [-0.1, -0.05) is 6.07 Å². The lowest BCUT2D eigenvalue weighted by atomic mass is 10.1. The third-order valence-corrected chi connectivity index (χ3v) is 3.65. The van der Waals surface area contributed by atoms with E-state index in [0.29, 0.717) is 5.82 Å². The maximum absolute atomic E-state index is 12.1. The molecule has 0 atom stereocenters. The summed E-state index contributed by atoms with van der Waals surface area (Å²) in [6, 6.07) is 5.96. The SMILES string of the molecule is Cc1cc(C)cc(-n2ncc(C(=O)OCc3nnc(C)n3C)n2)c1. The van der Waals surface area contributed by atoms with Crippen LogP contribution in [-0.2, 0) is 18.4 Å². The fraction of sp³-hybridized carbons (Fsp3) is 0.312. The molecule has 0 radical (unpaired) electrons. The van der Waals surface area contributed by atoms with Crippen LogP contribution < -0.4 is 0 Å². The van der Waals surface area contributed by atoms with Crippen LogP contribution in [0.25, 0.3) is 5.69 Å². The highest BCUT2D eigenvalue weighted by atomic mass is 16.5. The molecule has 3 rings (SSSR count). The molecule has 8 heteroatoms. The summed E-state index contributed by atoms with van der Waals surface area (Å²) >= 11 is 0. The zero-order valence-electron chi connectivity index (χ0n) is 14.0. The topological polar surface area (TPSA) is 87.7 Å². The second kappa shape index (κ2) is 6.23. The van der Waals surface area contributed by atoms with Gasteiger partial charge >= 0.3 is 5.97 Å². The number of esters is 1. The normalized spacial score (nSPS) is 10.8. The molecule has 0 saturated carbocycles. The second-order valence-corrected chi connectivity index (χ2v) is 5.66. The van der Waals surface area contributed by atoms with E-state index >= 15 is 0 Å². The van der Waals surface area contributed by atoms with E-state index in [1.807, 2.05) is 40.0 Å². The third kappa shape index (κ3) is 3.17. The van der Waals surface area contributed by atoms with Crippen LogP contribution in [0.5, 0.6) is 0 Å². The Morgan fingerprint density at radius 2 is 1.83 bits per heavy atom. The lowest BCUT2D eigenvalue weighted by Gasteiger charge is -2.04. The number of rotatable bonds is 4. The molecule has 0 aliphatic carbocycles. The van der Waals surface area contributed by atoms with Gasteiger partial charge in [0, 0.05) is 7.05 Å². The summed E-state index contributed by atoms with van der Waals surface area (Å²) in [6.07, 6.45) is 1.39. The number of aromatic nitrogens is 6. The smallest absolute Gasteiger partial charge is 0.361 e. The van der Waals surface area contributed by atoms with Crippen molar-refractivity contribution in [2.45, 2.75) is 27.4 Å². The first-order chi connectivity index (χ1) is 11.4. The number of hydrogen-bond donors (Lipinski definition) is 0. The maximum atomic E-state index is 12.1. The van der Waals surface area contributed by atoms with Crippen LogP contribution >= 0.6 is 0 Å². The monoisotopic (exact) mass is 326 g/mol. The molecule has 124 valence electrons. The van der Waals surface area contributed by atoms with Crippen LogP contribution in [0, 0.1) is 20.8 Å². The van der Waals surface area contributed by atoms with Crippen molar-refractivity contribution in [3.63, 3.8) is 0 Å². The van der Waals surface area contributed by atoms with E-state index in [1.54, 1.807) is 4.57 Å². The van der Waals surface area contributed by atoms with Gasteiger partial charge in [-0.15, -0.1) is 15.3 Å².